The predicted octanol–water partition coefficient (Wildman–Crippen LogP) is 5.84. The number of aromatic nitrogens is 2. The molecule has 4 rings (SSSR count). The first kappa shape index (κ1) is 25.1. The molecule has 2 aromatic heterocycles. The first-order chi connectivity index (χ1) is 14.9. The molecule has 0 saturated heterocycles. The van der Waals surface area contributed by atoms with Crippen LogP contribution < -0.4 is 4.74 Å². The number of ketones is 1. The molecule has 0 aliphatic rings. The van der Waals surface area contributed by atoms with Gasteiger partial charge in [0.05, 0.1) is 18.4 Å². The number of hydrogen-bond acceptors (Lipinski definition) is 4. The van der Waals surface area contributed by atoms with E-state index >= 15 is 0 Å². The average Bonchev–Trinajstić information content (AvgIpc) is 3.27. The second-order valence-electron chi connectivity index (χ2n) is 7.16. The van der Waals surface area contributed by atoms with Crippen LogP contribution in [-0.4, -0.2) is 27.6 Å². The summed E-state index contributed by atoms with van der Waals surface area (Å²) in [5, 5.41) is 9.48. The van der Waals surface area contributed by atoms with E-state index in [1.54, 1.807) is 7.11 Å². The summed E-state index contributed by atoms with van der Waals surface area (Å²) in [7, 11) is 1.67. The van der Waals surface area contributed by atoms with Crippen molar-refractivity contribution in [2.75, 3.05) is 7.11 Å². The van der Waals surface area contributed by atoms with Crippen molar-refractivity contribution in [2.24, 2.45) is 0 Å². The van der Waals surface area contributed by atoms with Crippen LogP contribution in [0, 0.1) is 13.0 Å². The zero-order chi connectivity index (χ0) is 22.4. The molecule has 2 heterocycles. The fraction of sp³-hybridized carbons (Fsp3) is 0.154. The number of aryl methyl sites for hydroxylation is 1. The Labute approximate surface area is 201 Å². The molecule has 0 amide bonds. The molecule has 0 aliphatic carbocycles. The van der Waals surface area contributed by atoms with Gasteiger partial charge in [-0.2, -0.15) is 0 Å². The van der Waals surface area contributed by atoms with Crippen molar-refractivity contribution in [2.45, 2.75) is 20.8 Å². The van der Waals surface area contributed by atoms with E-state index in [0.29, 0.717) is 0 Å². The maximum absolute atomic E-state index is 10.0. The maximum atomic E-state index is 10.0. The molecule has 0 fully saturated rings. The summed E-state index contributed by atoms with van der Waals surface area (Å²) < 4.78 is 7.41. The van der Waals surface area contributed by atoms with Crippen molar-refractivity contribution >= 4 is 16.7 Å². The van der Waals surface area contributed by atoms with Crippen molar-refractivity contribution in [3.05, 3.63) is 90.5 Å². The molecule has 0 saturated carbocycles. The maximum Gasteiger partial charge on any atom is 0.155 e. The molecule has 0 atom stereocenters. The van der Waals surface area contributed by atoms with Gasteiger partial charge < -0.3 is 14.4 Å². The summed E-state index contributed by atoms with van der Waals surface area (Å²) in [4.78, 5) is 14.8. The summed E-state index contributed by atoms with van der Waals surface area (Å²) in [6.45, 7) is 4.96. The van der Waals surface area contributed by atoms with Crippen LogP contribution in [0.15, 0.2) is 78.8 Å². The number of hydrogen-bond donors (Lipinski definition) is 1. The van der Waals surface area contributed by atoms with Crippen molar-refractivity contribution in [1.82, 2.24) is 9.55 Å². The molecule has 4 aromatic rings. The summed E-state index contributed by atoms with van der Waals surface area (Å²) in [5.41, 5.74) is 5.18. The van der Waals surface area contributed by atoms with Gasteiger partial charge in [-0.1, -0.05) is 12.1 Å². The molecular weight excluding hydrogens is 581 g/mol. The van der Waals surface area contributed by atoms with Crippen LogP contribution >= 0.6 is 0 Å². The fourth-order valence-electron chi connectivity index (χ4n) is 3.20. The third kappa shape index (κ3) is 6.39. The van der Waals surface area contributed by atoms with E-state index in [1.807, 2.05) is 36.4 Å². The van der Waals surface area contributed by atoms with Crippen molar-refractivity contribution in [1.29, 1.82) is 0 Å². The van der Waals surface area contributed by atoms with E-state index in [-0.39, 0.29) is 31.6 Å². The van der Waals surface area contributed by atoms with Crippen LogP contribution in [0.3, 0.4) is 0 Å². The summed E-state index contributed by atoms with van der Waals surface area (Å²) in [6, 6.07) is 21.4. The standard InChI is InChI=1S/C21H17N2O.C5H8O2.Ir/c1-15-12-20-17(14-21(15)23-10-3-4-11-23)8-9-19(22-20)16-6-5-7-18(13-16)24-2;1-4(6)3-5(2)7;/h3-5,7-14H,1-2H3;3,6H,1-2H3;/q-1;;/b;4-3-;. The minimum atomic E-state index is -0.125. The number of pyridine rings is 1. The molecular formula is C26H25IrN2O3-. The van der Waals surface area contributed by atoms with E-state index in [4.69, 9.17) is 14.8 Å². The minimum absolute atomic E-state index is 0. The molecule has 32 heavy (non-hydrogen) atoms. The monoisotopic (exact) mass is 606 g/mol. The van der Waals surface area contributed by atoms with E-state index in [0.717, 1.165) is 27.9 Å². The molecule has 0 bridgehead atoms. The van der Waals surface area contributed by atoms with Gasteiger partial charge >= 0.3 is 0 Å². The van der Waals surface area contributed by atoms with Crippen LogP contribution in [-0.2, 0) is 24.9 Å². The molecule has 0 spiro atoms. The summed E-state index contributed by atoms with van der Waals surface area (Å²) in [5.74, 6) is 0.747. The number of aliphatic hydroxyl groups is 1. The Balaban J connectivity index is 0.000000398. The Bertz CT molecular complexity index is 1230. The normalized spacial score (nSPS) is 10.7. The number of benzene rings is 2. The van der Waals surface area contributed by atoms with Crippen LogP contribution in [0.1, 0.15) is 19.4 Å². The fourth-order valence-corrected chi connectivity index (χ4v) is 3.20. The Kier molecular flexibility index (Phi) is 8.94. The molecule has 0 aliphatic heterocycles. The molecule has 1 N–H and O–H groups in total. The number of fused-ring (bicyclic) bond motifs is 1. The van der Waals surface area contributed by atoms with Gasteiger partial charge in [0.1, 0.15) is 0 Å². The van der Waals surface area contributed by atoms with Gasteiger partial charge in [-0.15, -0.1) is 29.8 Å². The number of ether oxygens (including phenoxy) is 1. The topological polar surface area (TPSA) is 64.3 Å². The molecule has 1 radical (unpaired) electrons. The second kappa shape index (κ2) is 11.4. The van der Waals surface area contributed by atoms with Gasteiger partial charge in [-0.25, -0.2) is 0 Å². The minimum Gasteiger partial charge on any atom is -0.516 e. The number of aliphatic hydroxyl groups excluding tert-OH is 1. The van der Waals surface area contributed by atoms with Crippen LogP contribution in [0.4, 0.5) is 0 Å². The number of rotatable bonds is 4. The molecule has 0 unspecified atom stereocenters. The number of carbonyl (C=O) groups is 1. The summed E-state index contributed by atoms with van der Waals surface area (Å²) in [6.07, 6.45) is 5.28. The van der Waals surface area contributed by atoms with E-state index < -0.39 is 0 Å². The zero-order valence-electron chi connectivity index (χ0n) is 18.4. The largest absolute Gasteiger partial charge is 0.516 e. The number of carbonyl (C=O) groups excluding carboxylic acids is 1. The Morgan fingerprint density at radius 2 is 1.84 bits per heavy atom. The average molecular weight is 606 g/mol. The van der Waals surface area contributed by atoms with Crippen molar-refractivity contribution in [3.8, 4) is 22.7 Å². The smallest absolute Gasteiger partial charge is 0.155 e. The van der Waals surface area contributed by atoms with E-state index in [1.165, 1.54) is 31.2 Å². The Morgan fingerprint density at radius 3 is 2.44 bits per heavy atom. The van der Waals surface area contributed by atoms with Gasteiger partial charge in [0.2, 0.25) is 0 Å². The van der Waals surface area contributed by atoms with Gasteiger partial charge in [0, 0.05) is 55.4 Å². The predicted molar refractivity (Wildman–Crippen MR) is 124 cm³/mol. The Hall–Kier alpha value is -3.21. The third-order valence-corrected chi connectivity index (χ3v) is 4.59. The van der Waals surface area contributed by atoms with E-state index in [9.17, 15) is 4.79 Å². The number of allylic oxidation sites excluding steroid dienone is 2. The van der Waals surface area contributed by atoms with Gasteiger partial charge in [-0.05, 0) is 56.3 Å². The first-order valence-corrected chi connectivity index (χ1v) is 9.86. The summed E-state index contributed by atoms with van der Waals surface area (Å²) >= 11 is 0. The molecule has 2 aromatic carbocycles. The molecule has 6 heteroatoms. The second-order valence-corrected chi connectivity index (χ2v) is 7.16. The molecule has 5 nitrogen and oxygen atoms in total. The third-order valence-electron chi connectivity index (χ3n) is 4.59. The van der Waals surface area contributed by atoms with Gasteiger partial charge in [-0.3, -0.25) is 9.78 Å². The van der Waals surface area contributed by atoms with Crippen LogP contribution in [0.25, 0.3) is 27.8 Å². The van der Waals surface area contributed by atoms with E-state index in [2.05, 4.69) is 48.1 Å². The van der Waals surface area contributed by atoms with Crippen molar-refractivity contribution in [3.63, 3.8) is 0 Å². The number of nitrogens with zero attached hydrogens (tertiary/aromatic N) is 2. The molecule has 167 valence electrons. The first-order valence-electron chi connectivity index (χ1n) is 9.86. The van der Waals surface area contributed by atoms with Gasteiger partial charge in [0.15, 0.2) is 5.78 Å². The van der Waals surface area contributed by atoms with Crippen LogP contribution in [0.5, 0.6) is 5.75 Å². The quantitative estimate of drug-likeness (QED) is 0.180. The van der Waals surface area contributed by atoms with Crippen molar-refractivity contribution < 1.29 is 34.7 Å². The SMILES string of the molecule is CC(=O)/C=C(/C)O.COc1cc[c-]c(-c2ccc3cc(-n4cccc4)c(C)cc3n2)c1.[Ir]. The zero-order valence-corrected chi connectivity index (χ0v) is 20.8. The van der Waals surface area contributed by atoms with Gasteiger partial charge in [0.25, 0.3) is 0 Å². The number of methoxy groups -OCH3 is 1. The van der Waals surface area contributed by atoms with Crippen LogP contribution in [0.2, 0.25) is 0 Å². The Morgan fingerprint density at radius 1 is 1.12 bits per heavy atom.